The molecule has 0 saturated heterocycles. The van der Waals surface area contributed by atoms with Gasteiger partial charge in [0.25, 0.3) is 0 Å². The van der Waals surface area contributed by atoms with Gasteiger partial charge in [0.05, 0.1) is 18.1 Å². The Kier molecular flexibility index (Phi) is 6.49. The minimum absolute atomic E-state index is 0.321. The summed E-state index contributed by atoms with van der Waals surface area (Å²) in [4.78, 5) is 30.3. The lowest BCUT2D eigenvalue weighted by Crippen LogP contribution is -2.07. The molecule has 3 rings (SSSR count). The first-order chi connectivity index (χ1) is 13.7. The molecule has 3 N–H and O–H groups in total. The quantitative estimate of drug-likeness (QED) is 0.366. The molecule has 0 spiro atoms. The molecule has 29 heavy (non-hydrogen) atoms. The van der Waals surface area contributed by atoms with E-state index in [1.807, 2.05) is 31.3 Å². The molecule has 150 valence electrons. The Balaban J connectivity index is 1.70. The molecule has 0 aliphatic heterocycles. The lowest BCUT2D eigenvalue weighted by Gasteiger charge is -2.06. The number of amides is 1. The molecule has 0 aliphatic carbocycles. The van der Waals surface area contributed by atoms with Gasteiger partial charge in [0.1, 0.15) is 0 Å². The third kappa shape index (κ3) is 5.98. The van der Waals surface area contributed by atoms with Crippen LogP contribution in [0.3, 0.4) is 0 Å². The molecular weight excluding hydrogens is 457 g/mol. The van der Waals surface area contributed by atoms with Crippen LogP contribution in [0.2, 0.25) is 0 Å². The first-order valence-corrected chi connectivity index (χ1v) is 11.2. The third-order valence-corrected chi connectivity index (χ3v) is 5.41. The molecule has 0 bridgehead atoms. The van der Waals surface area contributed by atoms with Crippen LogP contribution in [0.25, 0.3) is 17.3 Å². The number of nitrogens with zero attached hydrogens (tertiary/aromatic N) is 2. The number of aromatic nitrogens is 2. The standard InChI is InChI=1S/C20H19BrN3O4P/c1-24-20(15-4-7-17(21)8-5-15)16(12-22-24)6-11-19(25)23-18-9-2-14(3-10-18)13-29(26,27)28/h2-12H,13H2,1H3,(H,23,25)(H2,26,27,28). The number of hydrogen-bond acceptors (Lipinski definition) is 3. The van der Waals surface area contributed by atoms with Gasteiger partial charge in [-0.25, -0.2) is 0 Å². The second kappa shape index (κ2) is 8.88. The first kappa shape index (κ1) is 21.2. The number of benzene rings is 2. The second-order valence-electron chi connectivity index (χ2n) is 6.42. The zero-order chi connectivity index (χ0) is 21.0. The summed E-state index contributed by atoms with van der Waals surface area (Å²) in [6.07, 6.45) is 4.48. The van der Waals surface area contributed by atoms with E-state index in [0.717, 1.165) is 21.3 Å². The van der Waals surface area contributed by atoms with Gasteiger partial charge >= 0.3 is 7.60 Å². The molecule has 0 atom stereocenters. The minimum atomic E-state index is -4.12. The van der Waals surface area contributed by atoms with E-state index in [0.29, 0.717) is 11.3 Å². The molecule has 1 aromatic heterocycles. The van der Waals surface area contributed by atoms with Crippen molar-refractivity contribution in [1.29, 1.82) is 0 Å². The predicted molar refractivity (Wildman–Crippen MR) is 116 cm³/mol. The van der Waals surface area contributed by atoms with Crippen molar-refractivity contribution in [3.63, 3.8) is 0 Å². The van der Waals surface area contributed by atoms with Crippen LogP contribution in [0.15, 0.2) is 65.3 Å². The zero-order valence-corrected chi connectivity index (χ0v) is 18.0. The van der Waals surface area contributed by atoms with Crippen LogP contribution in [0.1, 0.15) is 11.1 Å². The van der Waals surface area contributed by atoms with Gasteiger partial charge in [-0.3, -0.25) is 14.0 Å². The highest BCUT2D eigenvalue weighted by atomic mass is 79.9. The van der Waals surface area contributed by atoms with E-state index < -0.39 is 7.60 Å². The summed E-state index contributed by atoms with van der Waals surface area (Å²) >= 11 is 3.42. The van der Waals surface area contributed by atoms with Gasteiger partial charge in [0.2, 0.25) is 5.91 Å². The van der Waals surface area contributed by atoms with Crippen molar-refractivity contribution in [1.82, 2.24) is 9.78 Å². The molecule has 0 aliphatic rings. The molecule has 0 radical (unpaired) electrons. The maximum absolute atomic E-state index is 12.2. The van der Waals surface area contributed by atoms with Crippen LogP contribution in [0.4, 0.5) is 5.69 Å². The Morgan fingerprint density at radius 2 is 1.83 bits per heavy atom. The normalized spacial score (nSPS) is 11.7. The molecule has 1 amide bonds. The molecule has 9 heteroatoms. The summed E-state index contributed by atoms with van der Waals surface area (Å²) in [7, 11) is -2.27. The van der Waals surface area contributed by atoms with E-state index >= 15 is 0 Å². The molecule has 1 heterocycles. The van der Waals surface area contributed by atoms with Gasteiger partial charge in [-0.1, -0.05) is 40.2 Å². The fourth-order valence-electron chi connectivity index (χ4n) is 2.82. The number of halogens is 1. The fraction of sp³-hybridized carbons (Fsp3) is 0.100. The molecular formula is C20H19BrN3O4P. The summed E-state index contributed by atoms with van der Waals surface area (Å²) in [5.41, 5.74) is 3.72. The second-order valence-corrected chi connectivity index (χ2v) is 8.98. The van der Waals surface area contributed by atoms with Crippen LogP contribution in [0, 0.1) is 0 Å². The van der Waals surface area contributed by atoms with Crippen molar-refractivity contribution in [3.8, 4) is 11.3 Å². The van der Waals surface area contributed by atoms with Crippen molar-refractivity contribution in [3.05, 3.63) is 76.4 Å². The number of carbonyl (C=O) groups excluding carboxylic acids is 1. The predicted octanol–water partition coefficient (Wildman–Crippen LogP) is 4.18. The molecule has 0 saturated carbocycles. The van der Waals surface area contributed by atoms with Crippen LogP contribution in [-0.2, 0) is 22.6 Å². The Morgan fingerprint density at radius 3 is 2.45 bits per heavy atom. The highest BCUT2D eigenvalue weighted by Crippen LogP contribution is 2.39. The average Bonchev–Trinajstić information content (AvgIpc) is 3.02. The van der Waals surface area contributed by atoms with Gasteiger partial charge in [-0.05, 0) is 35.9 Å². The van der Waals surface area contributed by atoms with E-state index in [2.05, 4.69) is 26.3 Å². The summed E-state index contributed by atoms with van der Waals surface area (Å²) < 4.78 is 13.8. The number of carbonyl (C=O) groups is 1. The van der Waals surface area contributed by atoms with Crippen LogP contribution in [-0.4, -0.2) is 25.5 Å². The summed E-state index contributed by atoms with van der Waals surface area (Å²) in [5.74, 6) is -0.321. The van der Waals surface area contributed by atoms with Crippen molar-refractivity contribution >= 4 is 41.2 Å². The Morgan fingerprint density at radius 1 is 1.17 bits per heavy atom. The Hall–Kier alpha value is -2.51. The van der Waals surface area contributed by atoms with Crippen LogP contribution < -0.4 is 5.32 Å². The van der Waals surface area contributed by atoms with E-state index in [1.165, 1.54) is 6.08 Å². The maximum atomic E-state index is 12.2. The van der Waals surface area contributed by atoms with Gasteiger partial charge in [-0.2, -0.15) is 5.10 Å². The number of rotatable bonds is 6. The van der Waals surface area contributed by atoms with Crippen LogP contribution >= 0.6 is 23.5 Å². The molecule has 3 aromatic rings. The SMILES string of the molecule is Cn1ncc(C=CC(=O)Nc2ccc(CP(=O)(O)O)cc2)c1-c1ccc(Br)cc1. The fourth-order valence-corrected chi connectivity index (χ4v) is 3.77. The van der Waals surface area contributed by atoms with E-state index in [9.17, 15) is 9.36 Å². The summed E-state index contributed by atoms with van der Waals surface area (Å²) in [6, 6.07) is 14.2. The smallest absolute Gasteiger partial charge is 0.324 e. The topological polar surface area (TPSA) is 104 Å². The molecule has 0 fully saturated rings. The summed E-state index contributed by atoms with van der Waals surface area (Å²) in [6.45, 7) is 0. The number of aryl methyl sites for hydroxylation is 1. The van der Waals surface area contributed by atoms with Crippen molar-refractivity contribution in [2.75, 3.05) is 5.32 Å². The lowest BCUT2D eigenvalue weighted by atomic mass is 10.1. The molecule has 7 nitrogen and oxygen atoms in total. The van der Waals surface area contributed by atoms with Crippen LogP contribution in [0.5, 0.6) is 0 Å². The third-order valence-electron chi connectivity index (χ3n) is 4.11. The zero-order valence-electron chi connectivity index (χ0n) is 15.5. The first-order valence-electron chi connectivity index (χ1n) is 8.62. The number of hydrogen-bond donors (Lipinski definition) is 3. The van der Waals surface area contributed by atoms with E-state index in [1.54, 1.807) is 41.2 Å². The highest BCUT2D eigenvalue weighted by molar-refractivity contribution is 9.10. The van der Waals surface area contributed by atoms with Crippen molar-refractivity contribution in [2.24, 2.45) is 7.05 Å². The van der Waals surface area contributed by atoms with Gasteiger partial charge in [-0.15, -0.1) is 0 Å². The largest absolute Gasteiger partial charge is 0.329 e. The Labute approximate surface area is 176 Å². The van der Waals surface area contributed by atoms with Crippen molar-refractivity contribution in [2.45, 2.75) is 6.16 Å². The minimum Gasteiger partial charge on any atom is -0.324 e. The summed E-state index contributed by atoms with van der Waals surface area (Å²) in [5, 5.41) is 7.00. The van der Waals surface area contributed by atoms with Gasteiger partial charge < -0.3 is 15.1 Å². The maximum Gasteiger partial charge on any atom is 0.329 e. The average molecular weight is 476 g/mol. The monoisotopic (exact) mass is 475 g/mol. The van der Waals surface area contributed by atoms with E-state index in [4.69, 9.17) is 9.79 Å². The number of nitrogens with one attached hydrogen (secondary N) is 1. The number of anilines is 1. The highest BCUT2D eigenvalue weighted by Gasteiger charge is 2.13. The molecule has 0 unspecified atom stereocenters. The van der Waals surface area contributed by atoms with E-state index in [-0.39, 0.29) is 12.1 Å². The van der Waals surface area contributed by atoms with Gasteiger partial charge in [0.15, 0.2) is 0 Å². The Bertz CT molecular complexity index is 1090. The lowest BCUT2D eigenvalue weighted by molar-refractivity contribution is -0.111. The van der Waals surface area contributed by atoms with Gasteiger partial charge in [0, 0.05) is 34.4 Å². The van der Waals surface area contributed by atoms with Crippen molar-refractivity contribution < 1.29 is 19.1 Å². The molecule has 2 aromatic carbocycles.